The maximum atomic E-state index is 12.8. The number of thioether (sulfide) groups is 1. The molecule has 132 valence electrons. The van der Waals surface area contributed by atoms with E-state index in [1.807, 2.05) is 0 Å². The molecule has 0 saturated heterocycles. The number of nitrogens with zero attached hydrogens (tertiary/aromatic N) is 1. The number of esters is 1. The van der Waals surface area contributed by atoms with Crippen molar-refractivity contribution in [1.29, 1.82) is 0 Å². The highest BCUT2D eigenvalue weighted by Crippen LogP contribution is 2.27. The normalized spacial score (nSPS) is 11.9. The summed E-state index contributed by atoms with van der Waals surface area (Å²) < 4.78 is 42.8. The zero-order chi connectivity index (χ0) is 18.4. The number of rotatable bonds is 6. The molecule has 1 amide bonds. The van der Waals surface area contributed by atoms with Crippen LogP contribution in [0.15, 0.2) is 47.6 Å². The predicted octanol–water partition coefficient (Wildman–Crippen LogP) is 3.72. The van der Waals surface area contributed by atoms with Crippen LogP contribution in [-0.4, -0.2) is 28.7 Å². The van der Waals surface area contributed by atoms with Gasteiger partial charge in [0.2, 0.25) is 0 Å². The summed E-state index contributed by atoms with van der Waals surface area (Å²) in [6, 6.07) is 7.70. The number of pyridine rings is 1. The third-order valence-corrected chi connectivity index (χ3v) is 3.68. The second-order valence-corrected chi connectivity index (χ2v) is 5.76. The molecule has 1 aromatic carbocycles. The highest BCUT2D eigenvalue weighted by Gasteiger charge is 2.23. The first kappa shape index (κ1) is 18.8. The van der Waals surface area contributed by atoms with Gasteiger partial charge in [0.15, 0.2) is 6.10 Å². The lowest BCUT2D eigenvalue weighted by molar-refractivity contribution is -0.123. The first-order valence-electron chi connectivity index (χ1n) is 7.04. The van der Waals surface area contributed by atoms with Gasteiger partial charge in [-0.3, -0.25) is 4.79 Å². The number of amides is 1. The summed E-state index contributed by atoms with van der Waals surface area (Å²) in [4.78, 5) is 27.8. The molecule has 9 heteroatoms. The third-order valence-electron chi connectivity index (χ3n) is 2.96. The minimum atomic E-state index is -2.75. The van der Waals surface area contributed by atoms with E-state index < -0.39 is 29.6 Å². The number of benzene rings is 1. The van der Waals surface area contributed by atoms with Crippen molar-refractivity contribution >= 4 is 29.3 Å². The second-order valence-electron chi connectivity index (χ2n) is 4.78. The molecular weight excluding hydrogens is 357 g/mol. The SMILES string of the molecule is C[C@H](OC(=O)c1cccnc1SC(F)F)C(=O)Nc1ccc(F)cc1. The zero-order valence-corrected chi connectivity index (χ0v) is 13.7. The minimum Gasteiger partial charge on any atom is -0.449 e. The van der Waals surface area contributed by atoms with Gasteiger partial charge in [-0.1, -0.05) is 0 Å². The quantitative estimate of drug-likeness (QED) is 0.620. The van der Waals surface area contributed by atoms with Crippen LogP contribution in [0.4, 0.5) is 18.9 Å². The van der Waals surface area contributed by atoms with Crippen molar-refractivity contribution in [2.75, 3.05) is 5.32 Å². The maximum Gasteiger partial charge on any atom is 0.341 e. The Morgan fingerprint density at radius 3 is 2.52 bits per heavy atom. The van der Waals surface area contributed by atoms with Crippen LogP contribution >= 0.6 is 11.8 Å². The van der Waals surface area contributed by atoms with Gasteiger partial charge in [-0.2, -0.15) is 8.78 Å². The summed E-state index contributed by atoms with van der Waals surface area (Å²) in [6.07, 6.45) is 0.0776. The smallest absolute Gasteiger partial charge is 0.341 e. The number of hydrogen-bond donors (Lipinski definition) is 1. The van der Waals surface area contributed by atoms with E-state index in [4.69, 9.17) is 4.74 Å². The first-order chi connectivity index (χ1) is 11.9. The van der Waals surface area contributed by atoms with Crippen molar-refractivity contribution in [1.82, 2.24) is 4.98 Å². The van der Waals surface area contributed by atoms with E-state index in [0.717, 1.165) is 12.1 Å². The van der Waals surface area contributed by atoms with Crippen LogP contribution < -0.4 is 5.32 Å². The molecule has 0 radical (unpaired) electrons. The number of carbonyl (C=O) groups is 2. The Hall–Kier alpha value is -2.55. The van der Waals surface area contributed by atoms with Crippen LogP contribution in [0.2, 0.25) is 0 Å². The van der Waals surface area contributed by atoms with Gasteiger partial charge in [0.25, 0.3) is 11.7 Å². The number of anilines is 1. The Morgan fingerprint density at radius 2 is 1.88 bits per heavy atom. The molecule has 1 N–H and O–H groups in total. The Kier molecular flexibility index (Phi) is 6.40. The number of aromatic nitrogens is 1. The standard InChI is InChI=1S/C16H13F3N2O3S/c1-9(13(22)21-11-6-4-10(17)5-7-11)24-15(23)12-3-2-8-20-14(12)25-16(18)19/h2-9,16H,1H3,(H,21,22)/t9-/m0/s1. The highest BCUT2D eigenvalue weighted by molar-refractivity contribution is 7.99. The molecule has 0 unspecified atom stereocenters. The molecule has 2 aromatic rings. The summed E-state index contributed by atoms with van der Waals surface area (Å²) >= 11 is 0.111. The average molecular weight is 370 g/mol. The fraction of sp³-hybridized carbons (Fsp3) is 0.188. The van der Waals surface area contributed by atoms with E-state index in [2.05, 4.69) is 10.3 Å². The second kappa shape index (κ2) is 8.52. The number of ether oxygens (including phenoxy) is 1. The van der Waals surface area contributed by atoms with Gasteiger partial charge < -0.3 is 10.1 Å². The molecule has 0 bridgehead atoms. The molecule has 1 atom stereocenters. The van der Waals surface area contributed by atoms with Crippen LogP contribution in [0.1, 0.15) is 17.3 Å². The Morgan fingerprint density at radius 1 is 1.20 bits per heavy atom. The number of carbonyl (C=O) groups excluding carboxylic acids is 2. The Labute approximate surface area is 145 Å². The first-order valence-corrected chi connectivity index (χ1v) is 7.92. The number of nitrogens with one attached hydrogen (secondary N) is 1. The van der Waals surface area contributed by atoms with E-state index >= 15 is 0 Å². The molecule has 1 heterocycles. The van der Waals surface area contributed by atoms with Crippen LogP contribution in [0.25, 0.3) is 0 Å². The van der Waals surface area contributed by atoms with Crippen LogP contribution in [0.5, 0.6) is 0 Å². The van der Waals surface area contributed by atoms with E-state index in [-0.39, 0.29) is 22.4 Å². The molecule has 0 aliphatic carbocycles. The fourth-order valence-electron chi connectivity index (χ4n) is 1.78. The summed E-state index contributed by atoms with van der Waals surface area (Å²) in [6.45, 7) is 1.33. The average Bonchev–Trinajstić information content (AvgIpc) is 2.56. The van der Waals surface area contributed by atoms with Gasteiger partial charge in [0.1, 0.15) is 10.8 Å². The van der Waals surface area contributed by atoms with Crippen LogP contribution in [0, 0.1) is 5.82 Å². The van der Waals surface area contributed by atoms with Crippen molar-refractivity contribution in [2.24, 2.45) is 0 Å². The topological polar surface area (TPSA) is 68.3 Å². The fourth-order valence-corrected chi connectivity index (χ4v) is 2.35. The zero-order valence-electron chi connectivity index (χ0n) is 12.9. The van der Waals surface area contributed by atoms with E-state index in [1.165, 1.54) is 37.4 Å². The van der Waals surface area contributed by atoms with Crippen molar-refractivity contribution in [3.05, 3.63) is 54.0 Å². The van der Waals surface area contributed by atoms with Crippen molar-refractivity contribution in [2.45, 2.75) is 23.8 Å². The van der Waals surface area contributed by atoms with Crippen molar-refractivity contribution in [3.8, 4) is 0 Å². The molecule has 0 saturated carbocycles. The lowest BCUT2D eigenvalue weighted by atomic mass is 10.2. The minimum absolute atomic E-state index is 0.111. The van der Waals surface area contributed by atoms with Crippen LogP contribution in [-0.2, 0) is 9.53 Å². The largest absolute Gasteiger partial charge is 0.449 e. The molecule has 2 rings (SSSR count). The van der Waals surface area contributed by atoms with E-state index in [0.29, 0.717) is 5.69 Å². The van der Waals surface area contributed by atoms with Crippen LogP contribution in [0.3, 0.4) is 0 Å². The maximum absolute atomic E-state index is 12.8. The lowest BCUT2D eigenvalue weighted by Crippen LogP contribution is -2.30. The van der Waals surface area contributed by atoms with Gasteiger partial charge in [-0.25, -0.2) is 14.2 Å². The summed E-state index contributed by atoms with van der Waals surface area (Å²) in [5.41, 5.74) is 0.166. The van der Waals surface area contributed by atoms with Crippen molar-refractivity contribution < 1.29 is 27.5 Å². The van der Waals surface area contributed by atoms with Gasteiger partial charge in [0.05, 0.1) is 5.56 Å². The molecule has 25 heavy (non-hydrogen) atoms. The molecule has 0 fully saturated rings. The molecule has 0 spiro atoms. The molecule has 0 aliphatic rings. The summed E-state index contributed by atoms with van der Waals surface area (Å²) in [7, 11) is 0. The van der Waals surface area contributed by atoms with E-state index in [9.17, 15) is 22.8 Å². The molecular formula is C16H13F3N2O3S. The summed E-state index contributed by atoms with van der Waals surface area (Å²) in [5.74, 6) is -4.80. The van der Waals surface area contributed by atoms with Gasteiger partial charge in [-0.15, -0.1) is 0 Å². The lowest BCUT2D eigenvalue weighted by Gasteiger charge is -2.14. The number of hydrogen-bond acceptors (Lipinski definition) is 5. The van der Waals surface area contributed by atoms with Gasteiger partial charge >= 0.3 is 5.97 Å². The van der Waals surface area contributed by atoms with E-state index in [1.54, 1.807) is 0 Å². The molecule has 1 aromatic heterocycles. The third kappa shape index (κ3) is 5.49. The molecule has 5 nitrogen and oxygen atoms in total. The predicted molar refractivity (Wildman–Crippen MR) is 86.0 cm³/mol. The Balaban J connectivity index is 2.02. The number of halogens is 3. The number of alkyl halides is 2. The highest BCUT2D eigenvalue weighted by atomic mass is 32.2. The summed E-state index contributed by atoms with van der Waals surface area (Å²) in [5, 5.41) is 2.26. The Bertz CT molecular complexity index is 757. The monoisotopic (exact) mass is 370 g/mol. The molecule has 0 aliphatic heterocycles. The van der Waals surface area contributed by atoms with Crippen molar-refractivity contribution in [3.63, 3.8) is 0 Å². The van der Waals surface area contributed by atoms with Gasteiger partial charge in [-0.05, 0) is 55.1 Å². The van der Waals surface area contributed by atoms with Gasteiger partial charge in [0, 0.05) is 11.9 Å².